The van der Waals surface area contributed by atoms with Crippen LogP contribution in [0, 0.1) is 0 Å². The molecule has 2 atom stereocenters. The average molecular weight is 338 g/mol. The minimum Gasteiger partial charge on any atom is -0.397 e. The van der Waals surface area contributed by atoms with Crippen LogP contribution in [0.25, 0.3) is 11.3 Å². The minimum absolute atomic E-state index is 0.248. The van der Waals surface area contributed by atoms with Crippen LogP contribution in [0.4, 0.5) is 5.69 Å². The van der Waals surface area contributed by atoms with Crippen LogP contribution in [0.2, 0.25) is 0 Å². The largest absolute Gasteiger partial charge is 0.397 e. The van der Waals surface area contributed by atoms with Gasteiger partial charge in [0.2, 0.25) is 0 Å². The zero-order chi connectivity index (χ0) is 15.7. The van der Waals surface area contributed by atoms with Gasteiger partial charge >= 0.3 is 0 Å². The average Bonchev–Trinajstić information content (AvgIpc) is 2.95. The number of aromatic nitrogens is 1. The van der Waals surface area contributed by atoms with E-state index in [1.165, 1.54) is 0 Å². The Bertz CT molecular complexity index is 795. The number of pyridine rings is 1. The van der Waals surface area contributed by atoms with E-state index in [1.807, 2.05) is 0 Å². The van der Waals surface area contributed by atoms with Gasteiger partial charge in [-0.15, -0.1) is 11.6 Å². The van der Waals surface area contributed by atoms with Gasteiger partial charge in [0.1, 0.15) is 0 Å². The summed E-state index contributed by atoms with van der Waals surface area (Å²) in [5, 5.41) is 2.42. The van der Waals surface area contributed by atoms with Crippen molar-refractivity contribution in [2.75, 3.05) is 12.3 Å². The summed E-state index contributed by atoms with van der Waals surface area (Å²) in [6.07, 6.45) is 1.98. The number of nitrogens with zero attached hydrogens (tertiary/aromatic N) is 1. The van der Waals surface area contributed by atoms with Crippen molar-refractivity contribution in [2.24, 2.45) is 0 Å². The molecular weight excluding hydrogens is 322 g/mol. The second-order valence-corrected chi connectivity index (χ2v) is 7.94. The molecule has 0 amide bonds. The monoisotopic (exact) mass is 337 g/mol. The second kappa shape index (κ2) is 5.87. The quantitative estimate of drug-likeness (QED) is 0.661. The van der Waals surface area contributed by atoms with Gasteiger partial charge in [-0.05, 0) is 24.6 Å². The van der Waals surface area contributed by atoms with Crippen LogP contribution in [0.5, 0.6) is 0 Å². The van der Waals surface area contributed by atoms with Gasteiger partial charge in [-0.3, -0.25) is 10.3 Å². The van der Waals surface area contributed by atoms with E-state index in [1.54, 1.807) is 42.6 Å². The van der Waals surface area contributed by atoms with Gasteiger partial charge < -0.3 is 5.73 Å². The lowest BCUT2D eigenvalue weighted by Crippen LogP contribution is -2.24. The predicted molar refractivity (Wildman–Crippen MR) is 87.3 cm³/mol. The first-order chi connectivity index (χ1) is 10.5. The summed E-state index contributed by atoms with van der Waals surface area (Å²) >= 11 is 5.97. The maximum Gasteiger partial charge on any atom is 0.183 e. The van der Waals surface area contributed by atoms with Gasteiger partial charge in [0.25, 0.3) is 0 Å². The number of anilines is 1. The highest BCUT2D eigenvalue weighted by atomic mass is 35.5. The number of nitrogens with two attached hydrogens (primary N) is 1. The molecule has 1 fully saturated rings. The highest BCUT2D eigenvalue weighted by Crippen LogP contribution is 2.33. The third-order valence-corrected chi connectivity index (χ3v) is 6.30. The SMILES string of the molecule is Nc1cccnc1-c1ccccc1S(=O)(=O)C1CNC(Cl)C1. The van der Waals surface area contributed by atoms with Crippen molar-refractivity contribution in [1.82, 2.24) is 10.3 Å². The molecule has 116 valence electrons. The topological polar surface area (TPSA) is 85.1 Å². The standard InChI is InChI=1S/C15H16ClN3O2S/c16-14-8-10(9-19-14)22(20,21)13-6-2-1-4-11(13)15-12(17)5-3-7-18-15/h1-7,10,14,19H,8-9,17H2. The first-order valence-corrected chi connectivity index (χ1v) is 8.89. The smallest absolute Gasteiger partial charge is 0.183 e. The van der Waals surface area contributed by atoms with E-state index in [0.29, 0.717) is 29.9 Å². The summed E-state index contributed by atoms with van der Waals surface area (Å²) in [6.45, 7) is 0.350. The van der Waals surface area contributed by atoms with Crippen LogP contribution in [0.3, 0.4) is 0 Å². The van der Waals surface area contributed by atoms with E-state index < -0.39 is 15.1 Å². The highest BCUT2D eigenvalue weighted by Gasteiger charge is 2.35. The van der Waals surface area contributed by atoms with Crippen molar-refractivity contribution in [3.05, 3.63) is 42.6 Å². The van der Waals surface area contributed by atoms with Crippen LogP contribution < -0.4 is 11.1 Å². The van der Waals surface area contributed by atoms with Gasteiger partial charge in [0, 0.05) is 18.3 Å². The molecule has 5 nitrogen and oxygen atoms in total. The fourth-order valence-electron chi connectivity index (χ4n) is 2.63. The zero-order valence-electron chi connectivity index (χ0n) is 11.7. The third-order valence-electron chi connectivity index (χ3n) is 3.76. The fourth-order valence-corrected chi connectivity index (χ4v) is 4.90. The van der Waals surface area contributed by atoms with Crippen molar-refractivity contribution in [2.45, 2.75) is 22.1 Å². The second-order valence-electron chi connectivity index (χ2n) is 5.22. The molecule has 0 saturated carbocycles. The Morgan fingerprint density at radius 2 is 2.00 bits per heavy atom. The zero-order valence-corrected chi connectivity index (χ0v) is 13.3. The summed E-state index contributed by atoms with van der Waals surface area (Å²) in [7, 11) is -3.51. The number of halogens is 1. The molecule has 1 aliphatic rings. The minimum atomic E-state index is -3.51. The summed E-state index contributed by atoms with van der Waals surface area (Å²) < 4.78 is 25.8. The van der Waals surface area contributed by atoms with Gasteiger partial charge in [0.15, 0.2) is 9.84 Å². The fraction of sp³-hybridized carbons (Fsp3) is 0.267. The lowest BCUT2D eigenvalue weighted by Gasteiger charge is -2.15. The Balaban J connectivity index is 2.11. The van der Waals surface area contributed by atoms with Crippen molar-refractivity contribution >= 4 is 27.1 Å². The Morgan fingerprint density at radius 1 is 1.23 bits per heavy atom. The molecule has 2 unspecified atom stereocenters. The number of alkyl halides is 1. The lowest BCUT2D eigenvalue weighted by atomic mass is 10.1. The lowest BCUT2D eigenvalue weighted by molar-refractivity contribution is 0.583. The van der Waals surface area contributed by atoms with Gasteiger partial charge in [-0.25, -0.2) is 8.42 Å². The van der Waals surface area contributed by atoms with E-state index in [4.69, 9.17) is 17.3 Å². The van der Waals surface area contributed by atoms with E-state index in [9.17, 15) is 8.42 Å². The van der Waals surface area contributed by atoms with Crippen LogP contribution >= 0.6 is 11.6 Å². The maximum absolute atomic E-state index is 12.9. The first kappa shape index (κ1) is 15.3. The number of hydrogen-bond donors (Lipinski definition) is 2. The molecule has 1 aliphatic heterocycles. The summed E-state index contributed by atoms with van der Waals surface area (Å²) in [5.41, 5.74) is 7.09. The number of sulfone groups is 1. The summed E-state index contributed by atoms with van der Waals surface area (Å²) in [4.78, 5) is 4.48. The molecular formula is C15H16ClN3O2S. The van der Waals surface area contributed by atoms with Crippen molar-refractivity contribution < 1.29 is 8.42 Å². The maximum atomic E-state index is 12.9. The van der Waals surface area contributed by atoms with Crippen molar-refractivity contribution in [3.8, 4) is 11.3 Å². The van der Waals surface area contributed by atoms with E-state index in [0.717, 1.165) is 0 Å². The number of hydrogen-bond acceptors (Lipinski definition) is 5. The molecule has 2 heterocycles. The molecule has 1 aromatic carbocycles. The molecule has 2 aromatic rings. The van der Waals surface area contributed by atoms with Crippen LogP contribution in [-0.2, 0) is 9.84 Å². The molecule has 0 radical (unpaired) electrons. The number of benzene rings is 1. The molecule has 0 aliphatic carbocycles. The third kappa shape index (κ3) is 2.69. The molecule has 0 bridgehead atoms. The molecule has 22 heavy (non-hydrogen) atoms. The Hall–Kier alpha value is -1.63. The molecule has 1 saturated heterocycles. The van der Waals surface area contributed by atoms with Crippen LogP contribution in [-0.4, -0.2) is 30.7 Å². The highest BCUT2D eigenvalue weighted by molar-refractivity contribution is 7.92. The Kier molecular flexibility index (Phi) is 4.08. The van der Waals surface area contributed by atoms with Crippen molar-refractivity contribution in [1.29, 1.82) is 0 Å². The normalized spacial score (nSPS) is 21.9. The van der Waals surface area contributed by atoms with E-state index in [-0.39, 0.29) is 10.4 Å². The molecule has 3 rings (SSSR count). The number of nitrogen functional groups attached to an aromatic ring is 1. The van der Waals surface area contributed by atoms with Crippen molar-refractivity contribution in [3.63, 3.8) is 0 Å². The van der Waals surface area contributed by atoms with Gasteiger partial charge in [0.05, 0.1) is 27.0 Å². The predicted octanol–water partition coefficient (Wildman–Crippen LogP) is 2.03. The first-order valence-electron chi connectivity index (χ1n) is 6.91. The molecule has 0 spiro atoms. The number of rotatable bonds is 3. The summed E-state index contributed by atoms with van der Waals surface area (Å²) in [5.74, 6) is 0. The number of nitrogens with one attached hydrogen (secondary N) is 1. The molecule has 3 N–H and O–H groups in total. The Labute approximate surface area is 134 Å². The van der Waals surface area contributed by atoms with Gasteiger partial charge in [-0.2, -0.15) is 0 Å². The van der Waals surface area contributed by atoms with Crippen LogP contribution in [0.1, 0.15) is 6.42 Å². The summed E-state index contributed by atoms with van der Waals surface area (Å²) in [6, 6.07) is 10.2. The van der Waals surface area contributed by atoms with Crippen LogP contribution in [0.15, 0.2) is 47.5 Å². The molecule has 7 heteroatoms. The Morgan fingerprint density at radius 3 is 2.68 bits per heavy atom. The molecule has 1 aromatic heterocycles. The van der Waals surface area contributed by atoms with Gasteiger partial charge in [-0.1, -0.05) is 18.2 Å². The van der Waals surface area contributed by atoms with E-state index in [2.05, 4.69) is 10.3 Å². The van der Waals surface area contributed by atoms with E-state index >= 15 is 0 Å².